The maximum Gasteiger partial charge on any atom is 0.573 e. The number of aromatic nitrogens is 1. The predicted molar refractivity (Wildman–Crippen MR) is 135 cm³/mol. The van der Waals surface area contributed by atoms with Gasteiger partial charge < -0.3 is 19.4 Å². The highest BCUT2D eigenvalue weighted by molar-refractivity contribution is 6.19. The molecule has 3 aromatic rings. The molecular formula is C27H24F3N5O4. The van der Waals surface area contributed by atoms with E-state index in [2.05, 4.69) is 14.6 Å². The minimum absolute atomic E-state index is 0.0565. The number of rotatable bonds is 6. The van der Waals surface area contributed by atoms with E-state index in [1.165, 1.54) is 23.2 Å². The maximum absolute atomic E-state index is 13.1. The minimum Gasteiger partial charge on any atom is -0.406 e. The Morgan fingerprint density at radius 2 is 1.59 bits per heavy atom. The van der Waals surface area contributed by atoms with E-state index in [1.54, 1.807) is 17.0 Å². The molecule has 0 radical (unpaired) electrons. The number of hydrogen-bond acceptors (Lipinski definition) is 6. The second-order valence-electron chi connectivity index (χ2n) is 9.07. The van der Waals surface area contributed by atoms with Gasteiger partial charge in [0.15, 0.2) is 0 Å². The van der Waals surface area contributed by atoms with Crippen molar-refractivity contribution in [2.24, 2.45) is 0 Å². The Hall–Kier alpha value is -4.61. The van der Waals surface area contributed by atoms with Crippen LogP contribution >= 0.6 is 0 Å². The summed E-state index contributed by atoms with van der Waals surface area (Å²) in [5, 5.41) is 0. The molecule has 12 heteroatoms. The molecule has 0 aliphatic carbocycles. The molecule has 202 valence electrons. The largest absolute Gasteiger partial charge is 0.573 e. The first-order valence-electron chi connectivity index (χ1n) is 12.2. The molecule has 4 amide bonds. The molecule has 3 heterocycles. The molecule has 1 aromatic heterocycles. The first kappa shape index (κ1) is 26.0. The van der Waals surface area contributed by atoms with Gasteiger partial charge in [-0.2, -0.15) is 0 Å². The van der Waals surface area contributed by atoms with Crippen LogP contribution < -0.4 is 14.5 Å². The molecule has 0 unspecified atom stereocenters. The first-order chi connectivity index (χ1) is 18.7. The van der Waals surface area contributed by atoms with Crippen LogP contribution in [0.5, 0.6) is 5.75 Å². The zero-order chi connectivity index (χ0) is 27.6. The summed E-state index contributed by atoms with van der Waals surface area (Å²) in [5.74, 6) is -1.19. The summed E-state index contributed by atoms with van der Waals surface area (Å²) in [6.45, 7) is 2.31. The van der Waals surface area contributed by atoms with Gasteiger partial charge >= 0.3 is 12.4 Å². The second-order valence-corrected chi connectivity index (χ2v) is 9.07. The normalized spacial score (nSPS) is 16.2. The number of nitrogens with zero attached hydrogens (tertiary/aromatic N) is 5. The van der Waals surface area contributed by atoms with Crippen molar-refractivity contribution in [2.45, 2.75) is 12.9 Å². The number of alkyl halides is 3. The molecule has 9 nitrogen and oxygen atoms in total. The Morgan fingerprint density at radius 3 is 2.26 bits per heavy atom. The Kier molecular flexibility index (Phi) is 7.09. The molecule has 2 aliphatic heterocycles. The van der Waals surface area contributed by atoms with Crippen LogP contribution in [0.1, 0.15) is 16.1 Å². The molecule has 0 saturated carbocycles. The zero-order valence-corrected chi connectivity index (χ0v) is 20.7. The van der Waals surface area contributed by atoms with Crippen LogP contribution in [0, 0.1) is 0 Å². The lowest BCUT2D eigenvalue weighted by Gasteiger charge is -2.36. The number of amides is 4. The average molecular weight is 540 g/mol. The summed E-state index contributed by atoms with van der Waals surface area (Å²) in [4.78, 5) is 49.0. The number of hydrogen-bond donors (Lipinski definition) is 0. The molecule has 2 saturated heterocycles. The van der Waals surface area contributed by atoms with Crippen molar-refractivity contribution in [1.29, 1.82) is 0 Å². The molecule has 0 spiro atoms. The lowest BCUT2D eigenvalue weighted by molar-refractivity contribution is -0.274. The van der Waals surface area contributed by atoms with E-state index in [-0.39, 0.29) is 30.4 Å². The number of carbonyl (C=O) groups is 3. The van der Waals surface area contributed by atoms with Crippen LogP contribution in [0.4, 0.5) is 29.3 Å². The third-order valence-electron chi connectivity index (χ3n) is 6.47. The van der Waals surface area contributed by atoms with Gasteiger partial charge in [0, 0.05) is 44.6 Å². The fourth-order valence-corrected chi connectivity index (χ4v) is 4.60. The van der Waals surface area contributed by atoms with E-state index in [9.17, 15) is 27.6 Å². The molecule has 2 aliphatic rings. The highest BCUT2D eigenvalue weighted by Gasteiger charge is 2.37. The molecule has 2 aromatic carbocycles. The molecule has 2 fully saturated rings. The van der Waals surface area contributed by atoms with Crippen molar-refractivity contribution in [1.82, 2.24) is 14.8 Å². The van der Waals surface area contributed by atoms with E-state index in [4.69, 9.17) is 0 Å². The van der Waals surface area contributed by atoms with Crippen molar-refractivity contribution >= 4 is 29.2 Å². The lowest BCUT2D eigenvalue weighted by Crippen LogP contribution is -2.49. The SMILES string of the molecule is O=C(c1cc(CN2CC(=O)N(c3ccc(OC(F)(F)F)cc3)C2=O)ccn1)N1CCN(c2ccccc2)CC1. The number of para-hydroxylation sites is 1. The highest BCUT2D eigenvalue weighted by atomic mass is 19.4. The van der Waals surface area contributed by atoms with E-state index in [0.717, 1.165) is 22.7 Å². The van der Waals surface area contributed by atoms with E-state index in [0.29, 0.717) is 31.7 Å². The molecule has 5 rings (SSSR count). The van der Waals surface area contributed by atoms with Crippen molar-refractivity contribution in [3.05, 3.63) is 84.2 Å². The second kappa shape index (κ2) is 10.6. The predicted octanol–water partition coefficient (Wildman–Crippen LogP) is 3.91. The van der Waals surface area contributed by atoms with Gasteiger partial charge in [0.1, 0.15) is 18.0 Å². The van der Waals surface area contributed by atoms with Gasteiger partial charge in [-0.25, -0.2) is 9.69 Å². The van der Waals surface area contributed by atoms with Gasteiger partial charge in [0.05, 0.1) is 5.69 Å². The third-order valence-corrected chi connectivity index (χ3v) is 6.47. The first-order valence-corrected chi connectivity index (χ1v) is 12.2. The van der Waals surface area contributed by atoms with Crippen LogP contribution in [-0.2, 0) is 11.3 Å². The van der Waals surface area contributed by atoms with E-state index >= 15 is 0 Å². The lowest BCUT2D eigenvalue weighted by atomic mass is 10.2. The molecular weight excluding hydrogens is 515 g/mol. The minimum atomic E-state index is -4.85. The van der Waals surface area contributed by atoms with Gasteiger partial charge in [-0.15, -0.1) is 13.2 Å². The molecule has 39 heavy (non-hydrogen) atoms. The maximum atomic E-state index is 13.1. The third kappa shape index (κ3) is 5.95. The summed E-state index contributed by atoms with van der Waals surface area (Å²) in [6.07, 6.45) is -3.36. The van der Waals surface area contributed by atoms with Gasteiger partial charge in [0.2, 0.25) is 0 Å². The smallest absolute Gasteiger partial charge is 0.406 e. The quantitative estimate of drug-likeness (QED) is 0.442. The summed E-state index contributed by atoms with van der Waals surface area (Å²) in [7, 11) is 0. The van der Waals surface area contributed by atoms with Crippen molar-refractivity contribution in [3.8, 4) is 5.75 Å². The number of anilines is 2. The zero-order valence-electron chi connectivity index (χ0n) is 20.7. The fourth-order valence-electron chi connectivity index (χ4n) is 4.60. The van der Waals surface area contributed by atoms with Crippen molar-refractivity contribution in [2.75, 3.05) is 42.5 Å². The van der Waals surface area contributed by atoms with Crippen LogP contribution in [0.3, 0.4) is 0 Å². The van der Waals surface area contributed by atoms with Crippen LogP contribution in [0.2, 0.25) is 0 Å². The number of benzene rings is 2. The highest BCUT2D eigenvalue weighted by Crippen LogP contribution is 2.28. The van der Waals surface area contributed by atoms with Gasteiger partial charge in [0.25, 0.3) is 11.8 Å². The van der Waals surface area contributed by atoms with Crippen LogP contribution in [0.25, 0.3) is 0 Å². The summed E-state index contributed by atoms with van der Waals surface area (Å²) >= 11 is 0. The van der Waals surface area contributed by atoms with Crippen LogP contribution in [-0.4, -0.2) is 71.7 Å². The number of imide groups is 1. The Bertz CT molecular complexity index is 1360. The number of carbonyl (C=O) groups excluding carboxylic acids is 3. The number of halogens is 3. The number of ether oxygens (including phenoxy) is 1. The van der Waals surface area contributed by atoms with E-state index < -0.39 is 24.1 Å². The van der Waals surface area contributed by atoms with E-state index in [1.807, 2.05) is 30.3 Å². The molecule has 0 bridgehead atoms. The topological polar surface area (TPSA) is 86.3 Å². The molecule has 0 atom stereocenters. The Balaban J connectivity index is 1.21. The van der Waals surface area contributed by atoms with Crippen molar-refractivity contribution in [3.63, 3.8) is 0 Å². The Morgan fingerprint density at radius 1 is 0.897 bits per heavy atom. The monoisotopic (exact) mass is 539 g/mol. The fraction of sp³-hybridized carbons (Fsp3) is 0.259. The Labute approximate surface area is 222 Å². The molecule has 0 N–H and O–H groups in total. The van der Waals surface area contributed by atoms with Gasteiger partial charge in [-0.3, -0.25) is 14.6 Å². The number of urea groups is 1. The summed E-state index contributed by atoms with van der Waals surface area (Å²) < 4.78 is 41.1. The number of pyridine rings is 1. The van der Waals surface area contributed by atoms with Gasteiger partial charge in [-0.05, 0) is 54.1 Å². The van der Waals surface area contributed by atoms with Gasteiger partial charge in [-0.1, -0.05) is 18.2 Å². The summed E-state index contributed by atoms with van der Waals surface area (Å²) in [6, 6.07) is 17.1. The standard InChI is InChI=1S/C27H24F3N5O4/c28-27(29,30)39-22-8-6-21(7-9-22)35-24(36)18-34(26(35)38)17-19-10-11-31-23(16-19)25(37)33-14-12-32(13-15-33)20-4-2-1-3-5-20/h1-11,16H,12-15,17-18H2. The van der Waals surface area contributed by atoms with Crippen molar-refractivity contribution < 1.29 is 32.3 Å². The summed E-state index contributed by atoms with van der Waals surface area (Å²) in [5.41, 5.74) is 2.10. The average Bonchev–Trinajstić information content (AvgIpc) is 3.20. The number of piperazine rings is 1. The van der Waals surface area contributed by atoms with Crippen LogP contribution in [0.15, 0.2) is 72.9 Å².